The first-order valence-corrected chi connectivity index (χ1v) is 9.67. The minimum atomic E-state index is -0.0557. The summed E-state index contributed by atoms with van der Waals surface area (Å²) >= 11 is 0. The Bertz CT molecular complexity index is 674. The Morgan fingerprint density at radius 1 is 1.12 bits per heavy atom. The number of piperidine rings is 2. The number of benzene rings is 1. The summed E-state index contributed by atoms with van der Waals surface area (Å²) in [7, 11) is 0. The molecule has 1 aliphatic carbocycles. The molecule has 6 nitrogen and oxygen atoms in total. The van der Waals surface area contributed by atoms with E-state index < -0.39 is 0 Å². The van der Waals surface area contributed by atoms with Crippen molar-refractivity contribution in [3.8, 4) is 5.75 Å². The fourth-order valence-corrected chi connectivity index (χ4v) is 4.55. The van der Waals surface area contributed by atoms with Gasteiger partial charge >= 0.3 is 0 Å². The van der Waals surface area contributed by atoms with Crippen LogP contribution >= 0.6 is 0 Å². The van der Waals surface area contributed by atoms with Crippen LogP contribution in [0, 0.1) is 17.3 Å². The van der Waals surface area contributed by atoms with E-state index >= 15 is 0 Å². The second-order valence-corrected chi connectivity index (χ2v) is 8.00. The molecule has 1 aromatic rings. The standard InChI is InChI=1S/C20H27N3O3/c24-16-3-1-15(2-4-16)22-18(25)14-5-11-23(12-6-14)19(26)17-13-20(17)7-9-21-10-8-20/h1-4,14,17,21,24H,5-13H2,(H,22,25). The van der Waals surface area contributed by atoms with E-state index in [2.05, 4.69) is 10.6 Å². The number of hydrogen-bond acceptors (Lipinski definition) is 4. The van der Waals surface area contributed by atoms with Crippen LogP contribution in [0.15, 0.2) is 24.3 Å². The van der Waals surface area contributed by atoms with Crippen molar-refractivity contribution in [2.75, 3.05) is 31.5 Å². The smallest absolute Gasteiger partial charge is 0.227 e. The first-order valence-electron chi connectivity index (χ1n) is 9.67. The van der Waals surface area contributed by atoms with E-state index in [1.807, 2.05) is 4.90 Å². The van der Waals surface area contributed by atoms with Gasteiger partial charge in [0.1, 0.15) is 5.75 Å². The molecule has 26 heavy (non-hydrogen) atoms. The number of rotatable bonds is 3. The summed E-state index contributed by atoms with van der Waals surface area (Å²) in [6, 6.07) is 6.50. The van der Waals surface area contributed by atoms with E-state index in [0.29, 0.717) is 24.7 Å². The quantitative estimate of drug-likeness (QED) is 0.723. The van der Waals surface area contributed by atoms with Gasteiger partial charge in [0.15, 0.2) is 0 Å². The number of nitrogens with zero attached hydrogens (tertiary/aromatic N) is 1. The third-order valence-electron chi connectivity index (χ3n) is 6.40. The summed E-state index contributed by atoms with van der Waals surface area (Å²) in [5.74, 6) is 0.654. The third-order valence-corrected chi connectivity index (χ3v) is 6.40. The molecule has 3 N–H and O–H groups in total. The van der Waals surface area contributed by atoms with Crippen LogP contribution in [0.4, 0.5) is 5.69 Å². The molecule has 3 aliphatic rings. The van der Waals surface area contributed by atoms with Crippen LogP contribution in [0.2, 0.25) is 0 Å². The van der Waals surface area contributed by atoms with Gasteiger partial charge in [-0.25, -0.2) is 0 Å². The SMILES string of the molecule is O=C(Nc1ccc(O)cc1)C1CCN(C(=O)C2CC23CCNCC3)CC1. The number of phenols is 1. The number of carbonyl (C=O) groups is 2. The van der Waals surface area contributed by atoms with E-state index in [4.69, 9.17) is 0 Å². The number of anilines is 1. The van der Waals surface area contributed by atoms with Gasteiger partial charge in [0.2, 0.25) is 11.8 Å². The molecule has 2 saturated heterocycles. The molecule has 0 bridgehead atoms. The van der Waals surface area contributed by atoms with Crippen LogP contribution in [0.5, 0.6) is 5.75 Å². The summed E-state index contributed by atoms with van der Waals surface area (Å²) in [5.41, 5.74) is 0.965. The van der Waals surface area contributed by atoms with Crippen LogP contribution < -0.4 is 10.6 Å². The maximum Gasteiger partial charge on any atom is 0.227 e. The minimum Gasteiger partial charge on any atom is -0.508 e. The number of likely N-dealkylation sites (tertiary alicyclic amines) is 1. The average molecular weight is 357 g/mol. The number of nitrogens with one attached hydrogen (secondary N) is 2. The lowest BCUT2D eigenvalue weighted by molar-refractivity contribution is -0.136. The molecule has 1 saturated carbocycles. The monoisotopic (exact) mass is 357 g/mol. The summed E-state index contributed by atoms with van der Waals surface area (Å²) in [6.07, 6.45) is 4.73. The van der Waals surface area contributed by atoms with Crippen molar-refractivity contribution in [2.24, 2.45) is 17.3 Å². The Hall–Kier alpha value is -2.08. The molecule has 140 valence electrons. The lowest BCUT2D eigenvalue weighted by Gasteiger charge is -2.32. The predicted molar refractivity (Wildman–Crippen MR) is 98.7 cm³/mol. The van der Waals surface area contributed by atoms with Gasteiger partial charge in [-0.1, -0.05) is 0 Å². The van der Waals surface area contributed by atoms with E-state index in [1.54, 1.807) is 24.3 Å². The number of phenolic OH excluding ortho intramolecular Hbond substituents is 1. The zero-order chi connectivity index (χ0) is 18.1. The van der Waals surface area contributed by atoms with Crippen LogP contribution in [-0.2, 0) is 9.59 Å². The molecule has 2 heterocycles. The molecule has 0 aromatic heterocycles. The summed E-state index contributed by atoms with van der Waals surface area (Å²) in [4.78, 5) is 27.2. The van der Waals surface area contributed by atoms with Crippen LogP contribution in [0.3, 0.4) is 0 Å². The summed E-state index contributed by atoms with van der Waals surface area (Å²) in [6.45, 7) is 3.42. The number of amides is 2. The van der Waals surface area contributed by atoms with E-state index in [1.165, 1.54) is 0 Å². The van der Waals surface area contributed by atoms with Gasteiger partial charge < -0.3 is 20.6 Å². The molecule has 2 aliphatic heterocycles. The van der Waals surface area contributed by atoms with Crippen molar-refractivity contribution >= 4 is 17.5 Å². The second-order valence-electron chi connectivity index (χ2n) is 8.00. The zero-order valence-corrected chi connectivity index (χ0v) is 15.0. The van der Waals surface area contributed by atoms with Gasteiger partial charge in [0, 0.05) is 30.6 Å². The third kappa shape index (κ3) is 3.43. The fourth-order valence-electron chi connectivity index (χ4n) is 4.55. The van der Waals surface area contributed by atoms with Gasteiger partial charge in [0.25, 0.3) is 0 Å². The van der Waals surface area contributed by atoms with Crippen molar-refractivity contribution in [1.82, 2.24) is 10.2 Å². The zero-order valence-electron chi connectivity index (χ0n) is 15.0. The Balaban J connectivity index is 1.27. The maximum atomic E-state index is 12.8. The molecule has 1 aromatic carbocycles. The Morgan fingerprint density at radius 3 is 2.42 bits per heavy atom. The maximum absolute atomic E-state index is 12.8. The van der Waals surface area contributed by atoms with E-state index in [9.17, 15) is 14.7 Å². The molecule has 2 amide bonds. The topological polar surface area (TPSA) is 81.7 Å². The molecule has 1 spiro atoms. The van der Waals surface area contributed by atoms with Crippen molar-refractivity contribution < 1.29 is 14.7 Å². The summed E-state index contributed by atoms with van der Waals surface area (Å²) in [5, 5.41) is 15.6. The highest BCUT2D eigenvalue weighted by atomic mass is 16.3. The Labute approximate surface area is 153 Å². The molecular formula is C20H27N3O3. The lowest BCUT2D eigenvalue weighted by atomic mass is 9.90. The first kappa shape index (κ1) is 17.3. The Morgan fingerprint density at radius 2 is 1.77 bits per heavy atom. The van der Waals surface area contributed by atoms with Crippen LogP contribution in [-0.4, -0.2) is 48.0 Å². The number of aromatic hydroxyl groups is 1. The highest BCUT2D eigenvalue weighted by Crippen LogP contribution is 2.59. The van der Waals surface area contributed by atoms with Gasteiger partial charge in [-0.2, -0.15) is 0 Å². The van der Waals surface area contributed by atoms with Gasteiger partial charge in [-0.05, 0) is 74.9 Å². The highest BCUT2D eigenvalue weighted by molar-refractivity contribution is 5.93. The van der Waals surface area contributed by atoms with E-state index in [0.717, 1.165) is 45.2 Å². The molecule has 4 rings (SSSR count). The largest absolute Gasteiger partial charge is 0.508 e. The molecule has 6 heteroatoms. The number of hydrogen-bond donors (Lipinski definition) is 3. The molecule has 1 unspecified atom stereocenters. The summed E-state index contributed by atoms with van der Waals surface area (Å²) < 4.78 is 0. The predicted octanol–water partition coefficient (Wildman–Crippen LogP) is 1.96. The number of carbonyl (C=O) groups excluding carboxylic acids is 2. The molecule has 0 radical (unpaired) electrons. The molecular weight excluding hydrogens is 330 g/mol. The Kier molecular flexibility index (Phi) is 4.61. The normalized spacial score (nSPS) is 25.1. The van der Waals surface area contributed by atoms with Gasteiger partial charge in [0.05, 0.1) is 0 Å². The first-order chi connectivity index (χ1) is 12.6. The lowest BCUT2D eigenvalue weighted by Crippen LogP contribution is -2.43. The van der Waals surface area contributed by atoms with Crippen molar-refractivity contribution in [1.29, 1.82) is 0 Å². The average Bonchev–Trinajstić information content (AvgIpc) is 3.36. The minimum absolute atomic E-state index is 0.00374. The second kappa shape index (κ2) is 6.91. The van der Waals surface area contributed by atoms with Crippen molar-refractivity contribution in [3.63, 3.8) is 0 Å². The van der Waals surface area contributed by atoms with E-state index in [-0.39, 0.29) is 28.9 Å². The molecule has 1 atom stereocenters. The molecule has 3 fully saturated rings. The van der Waals surface area contributed by atoms with Crippen LogP contribution in [0.25, 0.3) is 0 Å². The van der Waals surface area contributed by atoms with Gasteiger partial charge in [-0.3, -0.25) is 9.59 Å². The highest BCUT2D eigenvalue weighted by Gasteiger charge is 2.58. The van der Waals surface area contributed by atoms with Gasteiger partial charge in [-0.15, -0.1) is 0 Å². The van der Waals surface area contributed by atoms with Crippen molar-refractivity contribution in [2.45, 2.75) is 32.1 Å². The van der Waals surface area contributed by atoms with Crippen LogP contribution in [0.1, 0.15) is 32.1 Å². The fraction of sp³-hybridized carbons (Fsp3) is 0.600. The van der Waals surface area contributed by atoms with Crippen molar-refractivity contribution in [3.05, 3.63) is 24.3 Å².